The van der Waals surface area contributed by atoms with Crippen molar-refractivity contribution in [1.82, 2.24) is 5.32 Å². The Balaban J connectivity index is 1.60. The molecular formula is C31H32N4O4. The molecular weight excluding hydrogens is 492 g/mol. The number of nitrogens with one attached hydrogen (secondary N) is 2. The average molecular weight is 525 g/mol. The van der Waals surface area contributed by atoms with Crippen LogP contribution in [0.25, 0.3) is 0 Å². The fraction of sp³-hybridized carbons (Fsp3) is 0.161. The number of amidine groups is 1. The van der Waals surface area contributed by atoms with Crippen LogP contribution in [0.5, 0.6) is 11.5 Å². The van der Waals surface area contributed by atoms with Crippen molar-refractivity contribution in [3.63, 3.8) is 0 Å². The molecule has 0 fully saturated rings. The summed E-state index contributed by atoms with van der Waals surface area (Å²) in [5, 5.41) is 18.4. The maximum atomic E-state index is 13.6. The highest BCUT2D eigenvalue weighted by Crippen LogP contribution is 2.33. The second-order valence-corrected chi connectivity index (χ2v) is 8.97. The zero-order valence-corrected chi connectivity index (χ0v) is 21.9. The van der Waals surface area contributed by atoms with E-state index in [1.165, 1.54) is 0 Å². The summed E-state index contributed by atoms with van der Waals surface area (Å²) in [6, 6.07) is 31.1. The minimum absolute atomic E-state index is 0.00311. The number of hydrogen-bond donors (Lipinski definition) is 4. The molecule has 4 rings (SSSR count). The first-order chi connectivity index (χ1) is 19.0. The van der Waals surface area contributed by atoms with Crippen LogP contribution < -0.4 is 25.8 Å². The summed E-state index contributed by atoms with van der Waals surface area (Å²) in [7, 11) is 1.57. The third-order valence-corrected chi connectivity index (χ3v) is 6.28. The third-order valence-electron chi connectivity index (χ3n) is 6.28. The first kappa shape index (κ1) is 27.1. The van der Waals surface area contributed by atoms with Gasteiger partial charge in [0.2, 0.25) is 5.91 Å². The lowest BCUT2D eigenvalue weighted by molar-refractivity contribution is -0.122. The van der Waals surface area contributed by atoms with Crippen molar-refractivity contribution in [2.75, 3.05) is 12.4 Å². The molecule has 2 atom stereocenters. The van der Waals surface area contributed by atoms with Crippen molar-refractivity contribution in [2.24, 2.45) is 10.9 Å². The molecule has 4 aromatic rings. The Hall–Kier alpha value is -4.98. The van der Waals surface area contributed by atoms with Crippen molar-refractivity contribution >= 4 is 17.4 Å². The van der Waals surface area contributed by atoms with E-state index in [2.05, 4.69) is 15.8 Å². The standard InChI is InChI=1S/C31H32N4O4/c1-21(23-11-7-4-8-12-23)33-31(36)29(34-26-16-13-24(14-17-26)30(32)35-37)25-15-18-27(28(19-25)38-2)39-20-22-9-5-3-6-10-22/h3-19,21,29,34,37H,20H2,1-2H3,(H2,32,35)(H,33,36)/t21-,29-/m0/s1. The highest BCUT2D eigenvalue weighted by atomic mass is 16.5. The Labute approximate surface area is 228 Å². The predicted octanol–water partition coefficient (Wildman–Crippen LogP) is 5.40. The fourth-order valence-corrected chi connectivity index (χ4v) is 4.10. The van der Waals surface area contributed by atoms with Crippen LogP contribution in [0, 0.1) is 0 Å². The number of benzene rings is 4. The number of methoxy groups -OCH3 is 1. The normalized spacial score (nSPS) is 12.7. The summed E-state index contributed by atoms with van der Waals surface area (Å²) < 4.78 is 11.6. The lowest BCUT2D eigenvalue weighted by atomic mass is 10.0. The Morgan fingerprint density at radius 3 is 2.21 bits per heavy atom. The largest absolute Gasteiger partial charge is 0.493 e. The van der Waals surface area contributed by atoms with E-state index >= 15 is 0 Å². The monoisotopic (exact) mass is 524 g/mol. The van der Waals surface area contributed by atoms with E-state index in [4.69, 9.17) is 20.4 Å². The topological polar surface area (TPSA) is 118 Å². The molecule has 39 heavy (non-hydrogen) atoms. The quantitative estimate of drug-likeness (QED) is 0.0903. The smallest absolute Gasteiger partial charge is 0.247 e. The van der Waals surface area contributed by atoms with Gasteiger partial charge in [-0.3, -0.25) is 4.79 Å². The molecule has 5 N–H and O–H groups in total. The first-order valence-electron chi connectivity index (χ1n) is 12.5. The van der Waals surface area contributed by atoms with Crippen LogP contribution in [0.2, 0.25) is 0 Å². The Morgan fingerprint density at radius 1 is 0.897 bits per heavy atom. The molecule has 0 aliphatic rings. The number of ether oxygens (including phenoxy) is 2. The molecule has 0 radical (unpaired) electrons. The lowest BCUT2D eigenvalue weighted by Gasteiger charge is -2.24. The van der Waals surface area contributed by atoms with E-state index in [-0.39, 0.29) is 17.8 Å². The van der Waals surface area contributed by atoms with Crippen LogP contribution in [0.1, 0.15) is 41.3 Å². The lowest BCUT2D eigenvalue weighted by Crippen LogP contribution is -2.35. The minimum atomic E-state index is -0.747. The van der Waals surface area contributed by atoms with Gasteiger partial charge in [-0.1, -0.05) is 71.9 Å². The second-order valence-electron chi connectivity index (χ2n) is 8.97. The SMILES string of the molecule is COc1cc([C@H](Nc2ccc(C(N)=NO)cc2)C(=O)N[C@@H](C)c2ccccc2)ccc1OCc1ccccc1. The molecule has 1 amide bonds. The van der Waals surface area contributed by atoms with Crippen LogP contribution in [0.15, 0.2) is 108 Å². The fourth-order valence-electron chi connectivity index (χ4n) is 4.10. The van der Waals surface area contributed by atoms with Crippen LogP contribution in [-0.2, 0) is 11.4 Å². The van der Waals surface area contributed by atoms with Gasteiger partial charge in [0.15, 0.2) is 17.3 Å². The number of carbonyl (C=O) groups is 1. The number of amides is 1. The van der Waals surface area contributed by atoms with Crippen LogP contribution in [0.4, 0.5) is 5.69 Å². The molecule has 0 heterocycles. The number of nitrogens with two attached hydrogens (primary N) is 1. The van der Waals surface area contributed by atoms with Crippen molar-refractivity contribution in [1.29, 1.82) is 0 Å². The maximum Gasteiger partial charge on any atom is 0.247 e. The van der Waals surface area contributed by atoms with Crippen molar-refractivity contribution in [2.45, 2.75) is 25.6 Å². The van der Waals surface area contributed by atoms with E-state index in [1.807, 2.05) is 73.7 Å². The van der Waals surface area contributed by atoms with Crippen molar-refractivity contribution in [3.05, 3.63) is 125 Å². The summed E-state index contributed by atoms with van der Waals surface area (Å²) in [6.45, 7) is 2.33. The van der Waals surface area contributed by atoms with Gasteiger partial charge in [-0.2, -0.15) is 0 Å². The molecule has 0 unspecified atom stereocenters. The van der Waals surface area contributed by atoms with Crippen LogP contribution in [0.3, 0.4) is 0 Å². The van der Waals surface area contributed by atoms with E-state index in [0.29, 0.717) is 34.9 Å². The van der Waals surface area contributed by atoms with E-state index in [9.17, 15) is 4.79 Å². The van der Waals surface area contributed by atoms with Gasteiger partial charge in [0.05, 0.1) is 13.2 Å². The Kier molecular flexibility index (Phi) is 9.03. The minimum Gasteiger partial charge on any atom is -0.493 e. The molecule has 0 spiro atoms. The summed E-state index contributed by atoms with van der Waals surface area (Å²) in [5.41, 5.74) is 9.65. The van der Waals surface area contributed by atoms with Gasteiger partial charge in [-0.15, -0.1) is 0 Å². The summed E-state index contributed by atoms with van der Waals surface area (Å²) >= 11 is 0. The number of hydrogen-bond acceptors (Lipinski definition) is 6. The van der Waals surface area contributed by atoms with Crippen molar-refractivity contribution in [3.8, 4) is 11.5 Å². The predicted molar refractivity (Wildman–Crippen MR) is 152 cm³/mol. The number of anilines is 1. The zero-order chi connectivity index (χ0) is 27.6. The molecule has 0 aromatic heterocycles. The van der Waals surface area contributed by atoms with Gasteiger partial charge in [-0.25, -0.2) is 0 Å². The highest BCUT2D eigenvalue weighted by molar-refractivity contribution is 5.97. The van der Waals surface area contributed by atoms with Gasteiger partial charge in [-0.05, 0) is 60.0 Å². The van der Waals surface area contributed by atoms with E-state index in [1.54, 1.807) is 43.5 Å². The zero-order valence-electron chi connectivity index (χ0n) is 21.9. The van der Waals surface area contributed by atoms with Gasteiger partial charge in [0.1, 0.15) is 12.6 Å². The van der Waals surface area contributed by atoms with Crippen LogP contribution >= 0.6 is 0 Å². The summed E-state index contributed by atoms with van der Waals surface area (Å²) in [4.78, 5) is 13.6. The average Bonchev–Trinajstić information content (AvgIpc) is 2.99. The maximum absolute atomic E-state index is 13.6. The van der Waals surface area contributed by atoms with Gasteiger partial charge >= 0.3 is 0 Å². The van der Waals surface area contributed by atoms with Gasteiger partial charge in [0, 0.05) is 11.3 Å². The first-order valence-corrected chi connectivity index (χ1v) is 12.5. The molecule has 8 nitrogen and oxygen atoms in total. The molecule has 0 aliphatic carbocycles. The highest BCUT2D eigenvalue weighted by Gasteiger charge is 2.24. The summed E-state index contributed by atoms with van der Waals surface area (Å²) in [6.07, 6.45) is 0. The second kappa shape index (κ2) is 13.0. The molecule has 4 aromatic carbocycles. The van der Waals surface area contributed by atoms with E-state index < -0.39 is 6.04 Å². The molecule has 0 saturated carbocycles. The Morgan fingerprint density at radius 2 is 1.56 bits per heavy atom. The van der Waals surface area contributed by atoms with E-state index in [0.717, 1.165) is 11.1 Å². The number of rotatable bonds is 11. The molecule has 200 valence electrons. The van der Waals surface area contributed by atoms with Crippen molar-refractivity contribution < 1.29 is 19.5 Å². The molecule has 0 aliphatic heterocycles. The number of nitrogens with zero attached hydrogens (tertiary/aromatic N) is 1. The number of oxime groups is 1. The molecule has 0 bridgehead atoms. The molecule has 8 heteroatoms. The Bertz CT molecular complexity index is 1390. The third kappa shape index (κ3) is 7.07. The van der Waals surface area contributed by atoms with Gasteiger partial charge in [0.25, 0.3) is 0 Å². The summed E-state index contributed by atoms with van der Waals surface area (Å²) in [5.74, 6) is 0.877. The van der Waals surface area contributed by atoms with Gasteiger partial charge < -0.3 is 31.0 Å². The number of carbonyl (C=O) groups excluding carboxylic acids is 1. The van der Waals surface area contributed by atoms with Crippen LogP contribution in [-0.4, -0.2) is 24.1 Å². The molecule has 0 saturated heterocycles.